The quantitative estimate of drug-likeness (QED) is 0.607. The maximum Gasteiger partial charge on any atom is 0.154 e. The monoisotopic (exact) mass is 199 g/mol. The first kappa shape index (κ1) is 11.2. The van der Waals surface area contributed by atoms with E-state index in [1.807, 2.05) is 0 Å². The van der Waals surface area contributed by atoms with E-state index in [4.69, 9.17) is 0 Å². The second-order valence-corrected chi connectivity index (χ2v) is 5.25. The lowest BCUT2D eigenvalue weighted by Crippen LogP contribution is -2.21. The summed E-state index contributed by atoms with van der Waals surface area (Å²) in [4.78, 5) is 0. The molecule has 0 amide bonds. The second-order valence-electron chi connectivity index (χ2n) is 2.72. The first-order valence-electron chi connectivity index (χ1n) is 3.55. The third-order valence-electron chi connectivity index (χ3n) is 1.90. The van der Waals surface area contributed by atoms with Gasteiger partial charge in [0.1, 0.15) is 0 Å². The Balaban J connectivity index is 0.000001000. The maximum absolute atomic E-state index is 11.2. The first-order valence-corrected chi connectivity index (χ1v) is 5.27. The van der Waals surface area contributed by atoms with Gasteiger partial charge in [0.15, 0.2) is 9.84 Å². The Bertz CT molecular complexity index is 203. The highest BCUT2D eigenvalue weighted by atomic mass is 35.5. The van der Waals surface area contributed by atoms with E-state index >= 15 is 0 Å². The zero-order chi connectivity index (χ0) is 7.61. The molecule has 3 nitrogen and oxygen atoms in total. The zero-order valence-corrected chi connectivity index (χ0v) is 8.17. The van der Waals surface area contributed by atoms with Crippen LogP contribution in [0.25, 0.3) is 0 Å². The molecule has 68 valence electrons. The lowest BCUT2D eigenvalue weighted by molar-refractivity contribution is 0.583. The van der Waals surface area contributed by atoms with Crippen LogP contribution in [-0.4, -0.2) is 32.5 Å². The summed E-state index contributed by atoms with van der Waals surface area (Å²) in [5.74, 6) is 0.300. The maximum atomic E-state index is 11.2. The Morgan fingerprint density at radius 1 is 1.36 bits per heavy atom. The molecule has 0 aromatic carbocycles. The van der Waals surface area contributed by atoms with Crippen molar-refractivity contribution in [3.8, 4) is 0 Å². The van der Waals surface area contributed by atoms with Gasteiger partial charge in [-0.25, -0.2) is 8.42 Å². The number of halogens is 1. The third-order valence-corrected chi connectivity index (χ3v) is 4.14. The van der Waals surface area contributed by atoms with Crippen LogP contribution in [0.4, 0.5) is 0 Å². The van der Waals surface area contributed by atoms with Crippen molar-refractivity contribution in [3.63, 3.8) is 0 Å². The Kier molecular flexibility index (Phi) is 4.36. The number of sulfone groups is 1. The summed E-state index contributed by atoms with van der Waals surface area (Å²) in [6.45, 7) is 3.23. The Hall–Kier alpha value is 0.200. The number of hydrogen-bond donors (Lipinski definition) is 1. The molecule has 0 radical (unpaired) electrons. The normalized spacial score (nSPS) is 30.1. The molecule has 0 aromatic heterocycles. The third kappa shape index (κ3) is 2.97. The first-order chi connectivity index (χ1) is 4.63. The van der Waals surface area contributed by atoms with Gasteiger partial charge in [-0.05, 0) is 19.9 Å². The fourth-order valence-electron chi connectivity index (χ4n) is 1.03. The van der Waals surface area contributed by atoms with Gasteiger partial charge in [0, 0.05) is 6.54 Å². The minimum Gasteiger partial charge on any atom is -0.316 e. The molecule has 1 saturated heterocycles. The molecule has 5 heteroatoms. The van der Waals surface area contributed by atoms with Crippen molar-refractivity contribution in [3.05, 3.63) is 0 Å². The van der Waals surface area contributed by atoms with Crippen LogP contribution in [0.5, 0.6) is 0 Å². The van der Waals surface area contributed by atoms with Crippen LogP contribution in [0.2, 0.25) is 0 Å². The lowest BCUT2D eigenvalue weighted by atomic mass is 10.3. The van der Waals surface area contributed by atoms with Crippen LogP contribution in [0.15, 0.2) is 0 Å². The van der Waals surface area contributed by atoms with Gasteiger partial charge in [-0.1, -0.05) is 0 Å². The number of nitrogens with one attached hydrogen (secondary N) is 1. The van der Waals surface area contributed by atoms with E-state index in [9.17, 15) is 8.42 Å². The molecule has 0 saturated carbocycles. The molecule has 11 heavy (non-hydrogen) atoms. The van der Waals surface area contributed by atoms with Gasteiger partial charge in [-0.15, -0.1) is 12.4 Å². The SMILES string of the molecule is CC1CCNCCS1(=O)=O.Cl. The predicted octanol–water partition coefficient (Wildman–Crippen LogP) is 0.205. The topological polar surface area (TPSA) is 46.2 Å². The highest BCUT2D eigenvalue weighted by Crippen LogP contribution is 2.07. The van der Waals surface area contributed by atoms with Crippen molar-refractivity contribution in [2.45, 2.75) is 18.6 Å². The molecule has 1 fully saturated rings. The van der Waals surface area contributed by atoms with Crippen molar-refractivity contribution in [1.29, 1.82) is 0 Å². The molecule has 1 N–H and O–H groups in total. The van der Waals surface area contributed by atoms with Crippen LogP contribution < -0.4 is 5.32 Å². The molecule has 1 heterocycles. The fraction of sp³-hybridized carbons (Fsp3) is 1.00. The predicted molar refractivity (Wildman–Crippen MR) is 48.0 cm³/mol. The van der Waals surface area contributed by atoms with Gasteiger partial charge in [0.05, 0.1) is 11.0 Å². The van der Waals surface area contributed by atoms with Crippen LogP contribution in [0.3, 0.4) is 0 Å². The van der Waals surface area contributed by atoms with Crippen molar-refractivity contribution in [2.24, 2.45) is 0 Å². The molecule has 0 spiro atoms. The summed E-state index contributed by atoms with van der Waals surface area (Å²) in [7, 11) is -2.76. The van der Waals surface area contributed by atoms with E-state index in [2.05, 4.69) is 5.32 Å². The molecule has 1 rings (SSSR count). The average molecular weight is 200 g/mol. The highest BCUT2D eigenvalue weighted by molar-refractivity contribution is 7.92. The van der Waals surface area contributed by atoms with Crippen molar-refractivity contribution in [1.82, 2.24) is 5.32 Å². The number of hydrogen-bond acceptors (Lipinski definition) is 3. The molecular weight excluding hydrogens is 186 g/mol. The second kappa shape index (κ2) is 4.28. The van der Waals surface area contributed by atoms with E-state index in [1.54, 1.807) is 6.92 Å². The standard InChI is InChI=1S/C6H13NO2S.ClH/c1-6-2-3-7-4-5-10(6,8)9;/h6-7H,2-5H2,1H3;1H. The van der Waals surface area contributed by atoms with Gasteiger partial charge in [-0.3, -0.25) is 0 Å². The van der Waals surface area contributed by atoms with E-state index < -0.39 is 9.84 Å². The Morgan fingerprint density at radius 3 is 2.64 bits per heavy atom. The summed E-state index contributed by atoms with van der Waals surface area (Å²) < 4.78 is 22.3. The molecule has 1 atom stereocenters. The smallest absolute Gasteiger partial charge is 0.154 e. The largest absolute Gasteiger partial charge is 0.316 e. The lowest BCUT2D eigenvalue weighted by Gasteiger charge is -2.05. The average Bonchev–Trinajstić information content (AvgIpc) is 1.96. The van der Waals surface area contributed by atoms with E-state index in [0.29, 0.717) is 12.3 Å². The highest BCUT2D eigenvalue weighted by Gasteiger charge is 2.21. The van der Waals surface area contributed by atoms with Gasteiger partial charge >= 0.3 is 0 Å². The number of rotatable bonds is 0. The van der Waals surface area contributed by atoms with Gasteiger partial charge < -0.3 is 5.32 Å². The van der Waals surface area contributed by atoms with Gasteiger partial charge in [-0.2, -0.15) is 0 Å². The Morgan fingerprint density at radius 2 is 2.00 bits per heavy atom. The summed E-state index contributed by atoms with van der Waals surface area (Å²) in [6.07, 6.45) is 0.752. The molecule has 0 aliphatic carbocycles. The molecule has 0 aromatic rings. The summed E-state index contributed by atoms with van der Waals surface area (Å²) in [6, 6.07) is 0. The van der Waals surface area contributed by atoms with Crippen molar-refractivity contribution >= 4 is 22.2 Å². The van der Waals surface area contributed by atoms with Crippen LogP contribution in [-0.2, 0) is 9.84 Å². The summed E-state index contributed by atoms with van der Waals surface area (Å²) >= 11 is 0. The molecule has 1 aliphatic rings. The molecule has 1 aliphatic heterocycles. The van der Waals surface area contributed by atoms with Crippen molar-refractivity contribution < 1.29 is 8.42 Å². The Labute approximate surface area is 73.9 Å². The van der Waals surface area contributed by atoms with Crippen LogP contribution >= 0.6 is 12.4 Å². The van der Waals surface area contributed by atoms with E-state index in [1.165, 1.54) is 0 Å². The van der Waals surface area contributed by atoms with E-state index in [0.717, 1.165) is 13.0 Å². The van der Waals surface area contributed by atoms with E-state index in [-0.39, 0.29) is 17.7 Å². The van der Waals surface area contributed by atoms with Crippen molar-refractivity contribution in [2.75, 3.05) is 18.8 Å². The minimum absolute atomic E-state index is 0. The summed E-state index contributed by atoms with van der Waals surface area (Å²) in [5.41, 5.74) is 0. The molecular formula is C6H14ClNO2S. The minimum atomic E-state index is -2.76. The fourth-order valence-corrected chi connectivity index (χ4v) is 2.33. The summed E-state index contributed by atoms with van der Waals surface area (Å²) in [5, 5.41) is 2.90. The van der Waals surface area contributed by atoms with Gasteiger partial charge in [0.2, 0.25) is 0 Å². The van der Waals surface area contributed by atoms with Crippen LogP contribution in [0, 0.1) is 0 Å². The zero-order valence-electron chi connectivity index (χ0n) is 6.54. The molecule has 0 bridgehead atoms. The van der Waals surface area contributed by atoms with Gasteiger partial charge in [0.25, 0.3) is 0 Å². The van der Waals surface area contributed by atoms with Crippen LogP contribution in [0.1, 0.15) is 13.3 Å². The molecule has 1 unspecified atom stereocenters.